The van der Waals surface area contributed by atoms with Crippen molar-refractivity contribution < 1.29 is 4.79 Å². The van der Waals surface area contributed by atoms with E-state index in [0.29, 0.717) is 18.2 Å². The molecule has 1 aromatic heterocycles. The summed E-state index contributed by atoms with van der Waals surface area (Å²) >= 11 is 0. The van der Waals surface area contributed by atoms with Crippen LogP contribution in [0.3, 0.4) is 0 Å². The molecule has 1 atom stereocenters. The van der Waals surface area contributed by atoms with Gasteiger partial charge in [0.2, 0.25) is 5.91 Å². The quantitative estimate of drug-likeness (QED) is 0.847. The summed E-state index contributed by atoms with van der Waals surface area (Å²) in [7, 11) is 0. The Kier molecular flexibility index (Phi) is 3.81. The third-order valence-corrected chi connectivity index (χ3v) is 3.56. The Hall–Kier alpha value is -2.43. The largest absolute Gasteiger partial charge is 0.326 e. The molecular weight excluding hydrogens is 264 g/mol. The first-order chi connectivity index (χ1) is 10.2. The van der Waals surface area contributed by atoms with Crippen LogP contribution in [0.15, 0.2) is 36.4 Å². The standard InChI is InChI=1S/C16H18N4O/c1-11-17-16(20-19-11)13-7-4-8-14(10-13)18-15(21)9-12-5-2-3-6-12/h2,4-5,7-8,10,12H,3,6,9H2,1H3,(H,18,21)(H,17,19,20). The molecule has 1 amide bonds. The molecule has 1 unspecified atom stereocenters. The van der Waals surface area contributed by atoms with Gasteiger partial charge in [-0.15, -0.1) is 0 Å². The molecule has 2 aromatic rings. The van der Waals surface area contributed by atoms with Crippen LogP contribution in [-0.2, 0) is 4.79 Å². The SMILES string of the molecule is Cc1nc(-c2cccc(NC(=O)CC3C=CCC3)c2)n[nH]1. The van der Waals surface area contributed by atoms with Crippen LogP contribution in [-0.4, -0.2) is 21.1 Å². The van der Waals surface area contributed by atoms with E-state index in [1.165, 1.54) is 0 Å². The van der Waals surface area contributed by atoms with Gasteiger partial charge < -0.3 is 5.32 Å². The first-order valence-corrected chi connectivity index (χ1v) is 7.16. The number of carbonyl (C=O) groups excluding carboxylic acids is 1. The van der Waals surface area contributed by atoms with Gasteiger partial charge in [0.1, 0.15) is 5.82 Å². The van der Waals surface area contributed by atoms with Gasteiger partial charge in [-0.1, -0.05) is 24.3 Å². The summed E-state index contributed by atoms with van der Waals surface area (Å²) in [4.78, 5) is 16.3. The monoisotopic (exact) mass is 282 g/mol. The molecule has 1 heterocycles. The number of aromatic nitrogens is 3. The van der Waals surface area contributed by atoms with E-state index in [9.17, 15) is 4.79 Å². The molecule has 0 saturated heterocycles. The third-order valence-electron chi connectivity index (χ3n) is 3.56. The number of nitrogens with one attached hydrogen (secondary N) is 2. The Morgan fingerprint density at radius 1 is 1.48 bits per heavy atom. The number of aryl methyl sites for hydroxylation is 1. The van der Waals surface area contributed by atoms with Crippen LogP contribution >= 0.6 is 0 Å². The number of anilines is 1. The van der Waals surface area contributed by atoms with Crippen LogP contribution in [0.2, 0.25) is 0 Å². The summed E-state index contributed by atoms with van der Waals surface area (Å²) in [5.41, 5.74) is 1.67. The van der Waals surface area contributed by atoms with Gasteiger partial charge >= 0.3 is 0 Å². The molecule has 1 aliphatic rings. The second-order valence-corrected chi connectivity index (χ2v) is 5.34. The van der Waals surface area contributed by atoms with Crippen molar-refractivity contribution in [2.75, 3.05) is 5.32 Å². The highest BCUT2D eigenvalue weighted by atomic mass is 16.1. The predicted molar refractivity (Wildman–Crippen MR) is 81.7 cm³/mol. The number of carbonyl (C=O) groups is 1. The second-order valence-electron chi connectivity index (χ2n) is 5.34. The van der Waals surface area contributed by atoms with Crippen molar-refractivity contribution in [1.82, 2.24) is 15.2 Å². The Morgan fingerprint density at radius 2 is 2.38 bits per heavy atom. The van der Waals surface area contributed by atoms with E-state index in [-0.39, 0.29) is 5.91 Å². The number of aromatic amines is 1. The highest BCUT2D eigenvalue weighted by Gasteiger charge is 2.14. The van der Waals surface area contributed by atoms with E-state index < -0.39 is 0 Å². The first-order valence-electron chi connectivity index (χ1n) is 7.16. The summed E-state index contributed by atoms with van der Waals surface area (Å²) in [6.07, 6.45) is 6.97. The molecule has 0 radical (unpaired) electrons. The molecule has 5 heteroatoms. The van der Waals surface area contributed by atoms with Crippen LogP contribution in [0.25, 0.3) is 11.4 Å². The average molecular weight is 282 g/mol. The van der Waals surface area contributed by atoms with Gasteiger partial charge in [-0.2, -0.15) is 5.10 Å². The minimum atomic E-state index is 0.0508. The molecule has 21 heavy (non-hydrogen) atoms. The van der Waals surface area contributed by atoms with Crippen LogP contribution in [0.1, 0.15) is 25.1 Å². The first kappa shape index (κ1) is 13.5. The molecule has 1 aliphatic carbocycles. The normalized spacial score (nSPS) is 17.1. The Labute approximate surface area is 123 Å². The number of rotatable bonds is 4. The number of benzene rings is 1. The van der Waals surface area contributed by atoms with Gasteiger partial charge in [-0.25, -0.2) is 4.98 Å². The molecule has 0 aliphatic heterocycles. The fraction of sp³-hybridized carbons (Fsp3) is 0.312. The molecule has 0 bridgehead atoms. The molecule has 0 fully saturated rings. The lowest BCUT2D eigenvalue weighted by molar-refractivity contribution is -0.116. The van der Waals surface area contributed by atoms with E-state index in [2.05, 4.69) is 32.7 Å². The fourth-order valence-corrected chi connectivity index (χ4v) is 2.52. The molecule has 2 N–H and O–H groups in total. The van der Waals surface area contributed by atoms with E-state index in [1.807, 2.05) is 31.2 Å². The van der Waals surface area contributed by atoms with Gasteiger partial charge in [-0.05, 0) is 37.8 Å². The fourth-order valence-electron chi connectivity index (χ4n) is 2.52. The summed E-state index contributed by atoms with van der Waals surface area (Å²) in [6.45, 7) is 1.86. The van der Waals surface area contributed by atoms with Crippen molar-refractivity contribution in [3.8, 4) is 11.4 Å². The molecule has 1 aromatic carbocycles. The summed E-state index contributed by atoms with van der Waals surface area (Å²) in [5.74, 6) is 1.84. The maximum Gasteiger partial charge on any atom is 0.224 e. The van der Waals surface area contributed by atoms with Crippen LogP contribution in [0.5, 0.6) is 0 Å². The van der Waals surface area contributed by atoms with Crippen molar-refractivity contribution in [3.63, 3.8) is 0 Å². The van der Waals surface area contributed by atoms with Crippen molar-refractivity contribution in [1.29, 1.82) is 0 Å². The van der Waals surface area contributed by atoms with Crippen molar-refractivity contribution in [3.05, 3.63) is 42.2 Å². The Balaban J connectivity index is 1.68. The second kappa shape index (κ2) is 5.91. The molecule has 108 valence electrons. The zero-order chi connectivity index (χ0) is 14.7. The zero-order valence-electron chi connectivity index (χ0n) is 12.0. The smallest absolute Gasteiger partial charge is 0.224 e. The lowest BCUT2D eigenvalue weighted by Gasteiger charge is -2.09. The van der Waals surface area contributed by atoms with Crippen LogP contribution in [0.4, 0.5) is 5.69 Å². The predicted octanol–water partition coefficient (Wildman–Crippen LogP) is 3.07. The number of hydrogen-bond donors (Lipinski definition) is 2. The number of allylic oxidation sites excluding steroid dienone is 2. The summed E-state index contributed by atoms with van der Waals surface area (Å²) < 4.78 is 0. The molecule has 0 saturated carbocycles. The van der Waals surface area contributed by atoms with E-state index >= 15 is 0 Å². The molecule has 5 nitrogen and oxygen atoms in total. The highest BCUT2D eigenvalue weighted by Crippen LogP contribution is 2.22. The van der Waals surface area contributed by atoms with Crippen LogP contribution < -0.4 is 5.32 Å². The Morgan fingerprint density at radius 3 is 3.10 bits per heavy atom. The van der Waals surface area contributed by atoms with E-state index in [1.54, 1.807) is 0 Å². The van der Waals surface area contributed by atoms with E-state index in [0.717, 1.165) is 29.9 Å². The molecule has 0 spiro atoms. The lowest BCUT2D eigenvalue weighted by Crippen LogP contribution is -2.14. The third kappa shape index (κ3) is 3.37. The maximum absolute atomic E-state index is 12.0. The van der Waals surface area contributed by atoms with Gasteiger partial charge in [-0.3, -0.25) is 9.89 Å². The maximum atomic E-state index is 12.0. The number of nitrogens with zero attached hydrogens (tertiary/aromatic N) is 2. The number of hydrogen-bond acceptors (Lipinski definition) is 3. The number of amides is 1. The minimum absolute atomic E-state index is 0.0508. The Bertz CT molecular complexity index is 674. The van der Waals surface area contributed by atoms with Crippen molar-refractivity contribution in [2.24, 2.45) is 5.92 Å². The summed E-state index contributed by atoms with van der Waals surface area (Å²) in [5, 5.41) is 9.90. The van der Waals surface area contributed by atoms with Gasteiger partial charge in [0.05, 0.1) is 0 Å². The summed E-state index contributed by atoms with van der Waals surface area (Å²) in [6, 6.07) is 7.60. The van der Waals surface area contributed by atoms with Gasteiger partial charge in [0.25, 0.3) is 0 Å². The van der Waals surface area contributed by atoms with E-state index in [4.69, 9.17) is 0 Å². The average Bonchev–Trinajstić information content (AvgIpc) is 3.10. The van der Waals surface area contributed by atoms with Gasteiger partial charge in [0.15, 0.2) is 5.82 Å². The van der Waals surface area contributed by atoms with Crippen molar-refractivity contribution >= 4 is 11.6 Å². The minimum Gasteiger partial charge on any atom is -0.326 e. The lowest BCUT2D eigenvalue weighted by atomic mass is 10.0. The van der Waals surface area contributed by atoms with Crippen LogP contribution in [0, 0.1) is 12.8 Å². The zero-order valence-corrected chi connectivity index (χ0v) is 12.0. The molecule has 3 rings (SSSR count). The topological polar surface area (TPSA) is 70.7 Å². The van der Waals surface area contributed by atoms with Crippen molar-refractivity contribution in [2.45, 2.75) is 26.2 Å². The molecular formula is C16H18N4O. The van der Waals surface area contributed by atoms with Gasteiger partial charge in [0, 0.05) is 17.7 Å². The highest BCUT2D eigenvalue weighted by molar-refractivity contribution is 5.91. The number of H-pyrrole nitrogens is 1.